The average Bonchev–Trinajstić information content (AvgIpc) is 3.20. The molecule has 2 N–H and O–H groups in total. The first-order valence-corrected chi connectivity index (χ1v) is 9.24. The highest BCUT2D eigenvalue weighted by Gasteiger charge is 2.25. The maximum Gasteiger partial charge on any atom is 0.329 e. The largest absolute Gasteiger partial charge is 0.459 e. The summed E-state index contributed by atoms with van der Waals surface area (Å²) in [7, 11) is 0. The predicted octanol–water partition coefficient (Wildman–Crippen LogP) is 2.58. The third-order valence-corrected chi connectivity index (χ3v) is 4.00. The zero-order chi connectivity index (χ0) is 21.4. The molecule has 2 aromatic rings. The molecule has 1 atom stereocenters. The van der Waals surface area contributed by atoms with Crippen LogP contribution in [0.25, 0.3) is 0 Å². The van der Waals surface area contributed by atoms with Crippen LogP contribution < -0.4 is 10.6 Å². The van der Waals surface area contributed by atoms with E-state index in [1.54, 1.807) is 12.1 Å². The van der Waals surface area contributed by atoms with Crippen LogP contribution in [0.15, 0.2) is 47.1 Å². The first-order chi connectivity index (χ1) is 13.8. The highest BCUT2D eigenvalue weighted by Crippen LogP contribution is 2.11. The van der Waals surface area contributed by atoms with Gasteiger partial charge < -0.3 is 14.5 Å². The van der Waals surface area contributed by atoms with Gasteiger partial charge >= 0.3 is 5.97 Å². The number of nitrogens with one attached hydrogen (secondary N) is 2. The van der Waals surface area contributed by atoms with Crippen molar-refractivity contribution in [2.24, 2.45) is 5.92 Å². The van der Waals surface area contributed by atoms with Crippen LogP contribution in [0.5, 0.6) is 0 Å². The molecule has 2 rings (SSSR count). The molecule has 9 heteroatoms. The van der Waals surface area contributed by atoms with Gasteiger partial charge in [0.25, 0.3) is 17.7 Å². The molecule has 0 bridgehead atoms. The van der Waals surface area contributed by atoms with Gasteiger partial charge in [0.1, 0.15) is 6.04 Å². The lowest BCUT2D eigenvalue weighted by atomic mass is 10.0. The van der Waals surface area contributed by atoms with Gasteiger partial charge in [-0.2, -0.15) is 0 Å². The van der Waals surface area contributed by atoms with Gasteiger partial charge in [-0.1, -0.05) is 25.4 Å². The van der Waals surface area contributed by atoms with E-state index in [4.69, 9.17) is 20.8 Å². The van der Waals surface area contributed by atoms with Gasteiger partial charge in [-0.25, -0.2) is 4.79 Å². The maximum atomic E-state index is 12.4. The zero-order valence-electron chi connectivity index (χ0n) is 15.9. The number of carbonyl (C=O) groups excluding carboxylic acids is 4. The number of halogens is 1. The summed E-state index contributed by atoms with van der Waals surface area (Å²) in [4.78, 5) is 48.3. The van der Waals surface area contributed by atoms with Crippen LogP contribution in [-0.4, -0.2) is 36.3 Å². The van der Waals surface area contributed by atoms with Gasteiger partial charge in [-0.15, -0.1) is 0 Å². The van der Waals surface area contributed by atoms with E-state index in [-0.39, 0.29) is 11.7 Å². The van der Waals surface area contributed by atoms with E-state index in [1.807, 2.05) is 19.2 Å². The van der Waals surface area contributed by atoms with E-state index in [0.29, 0.717) is 17.0 Å². The molecule has 29 heavy (non-hydrogen) atoms. The van der Waals surface area contributed by atoms with Gasteiger partial charge in [0.15, 0.2) is 12.4 Å². The van der Waals surface area contributed by atoms with Gasteiger partial charge in [0.2, 0.25) is 0 Å². The first kappa shape index (κ1) is 22.2. The summed E-state index contributed by atoms with van der Waals surface area (Å²) >= 11 is 5.81. The molecule has 1 unspecified atom stereocenters. The summed E-state index contributed by atoms with van der Waals surface area (Å²) in [6.45, 7) is 3.09. The molecule has 0 radical (unpaired) electrons. The number of esters is 1. The minimum atomic E-state index is -0.952. The highest BCUT2D eigenvalue weighted by atomic mass is 35.5. The molecule has 0 fully saturated rings. The Morgan fingerprint density at radius 2 is 1.76 bits per heavy atom. The Labute approximate surface area is 172 Å². The number of hydrogen-bond donors (Lipinski definition) is 2. The van der Waals surface area contributed by atoms with E-state index < -0.39 is 36.3 Å². The van der Waals surface area contributed by atoms with Crippen LogP contribution >= 0.6 is 11.6 Å². The number of benzene rings is 1. The maximum absolute atomic E-state index is 12.4. The Hall–Kier alpha value is -3.13. The smallest absolute Gasteiger partial charge is 0.329 e. The van der Waals surface area contributed by atoms with Gasteiger partial charge in [0, 0.05) is 10.6 Å². The van der Waals surface area contributed by atoms with Crippen LogP contribution in [-0.2, 0) is 14.3 Å². The lowest BCUT2D eigenvalue weighted by molar-refractivity contribution is -0.150. The summed E-state index contributed by atoms with van der Waals surface area (Å²) in [5.41, 5.74) is 0.331. The van der Waals surface area contributed by atoms with Crippen molar-refractivity contribution in [1.82, 2.24) is 10.6 Å². The molecule has 0 saturated heterocycles. The van der Waals surface area contributed by atoms with Crippen molar-refractivity contribution in [2.45, 2.75) is 26.3 Å². The number of hydrogen-bond acceptors (Lipinski definition) is 6. The van der Waals surface area contributed by atoms with Crippen LogP contribution in [0, 0.1) is 5.92 Å². The number of furan rings is 1. The number of amides is 3. The predicted molar refractivity (Wildman–Crippen MR) is 104 cm³/mol. The van der Waals surface area contributed by atoms with Crippen molar-refractivity contribution in [3.05, 3.63) is 59.0 Å². The number of rotatable bonds is 8. The van der Waals surface area contributed by atoms with Crippen molar-refractivity contribution in [3.8, 4) is 0 Å². The molecule has 0 aliphatic heterocycles. The van der Waals surface area contributed by atoms with Crippen LogP contribution in [0.3, 0.4) is 0 Å². The molecular formula is C20H21ClN2O6. The fourth-order valence-corrected chi connectivity index (χ4v) is 2.52. The molecule has 0 aliphatic rings. The van der Waals surface area contributed by atoms with E-state index in [1.165, 1.54) is 30.5 Å². The summed E-state index contributed by atoms with van der Waals surface area (Å²) in [6, 6.07) is 8.12. The van der Waals surface area contributed by atoms with Crippen LogP contribution in [0.2, 0.25) is 5.02 Å². The topological polar surface area (TPSA) is 115 Å². The van der Waals surface area contributed by atoms with Crippen molar-refractivity contribution in [3.63, 3.8) is 0 Å². The number of carbonyl (C=O) groups is 4. The SMILES string of the molecule is CC(C)CC(NC(=O)c1ccc(Cl)cc1)C(=O)OCC(=O)NC(=O)c1ccco1. The van der Waals surface area contributed by atoms with Crippen LogP contribution in [0.1, 0.15) is 41.2 Å². The van der Waals surface area contributed by atoms with Gasteiger partial charge in [-0.05, 0) is 48.7 Å². The van der Waals surface area contributed by atoms with E-state index in [2.05, 4.69) is 5.32 Å². The third-order valence-electron chi connectivity index (χ3n) is 3.75. The molecule has 3 amide bonds. The Balaban J connectivity index is 1.92. The van der Waals surface area contributed by atoms with Crippen LogP contribution in [0.4, 0.5) is 0 Å². The Morgan fingerprint density at radius 1 is 1.07 bits per heavy atom. The molecule has 0 saturated carbocycles. The van der Waals surface area contributed by atoms with Crippen molar-refractivity contribution >= 4 is 35.3 Å². The van der Waals surface area contributed by atoms with Crippen molar-refractivity contribution in [1.29, 1.82) is 0 Å². The number of ether oxygens (including phenoxy) is 1. The standard InChI is InChI=1S/C20H21ClN2O6/c1-12(2)10-15(22-18(25)13-5-7-14(21)8-6-13)20(27)29-11-17(24)23-19(26)16-4-3-9-28-16/h3-9,12,15H,10-11H2,1-2H3,(H,22,25)(H,23,24,26). The lowest BCUT2D eigenvalue weighted by Gasteiger charge is -2.19. The minimum Gasteiger partial charge on any atom is -0.459 e. The fourth-order valence-electron chi connectivity index (χ4n) is 2.40. The molecule has 154 valence electrons. The molecule has 1 aromatic carbocycles. The fraction of sp³-hybridized carbons (Fsp3) is 0.300. The van der Waals surface area contributed by atoms with Gasteiger partial charge in [0.05, 0.1) is 6.26 Å². The molecule has 0 spiro atoms. The molecular weight excluding hydrogens is 400 g/mol. The van der Waals surface area contributed by atoms with E-state index in [9.17, 15) is 19.2 Å². The van der Waals surface area contributed by atoms with E-state index in [0.717, 1.165) is 0 Å². The Morgan fingerprint density at radius 3 is 2.34 bits per heavy atom. The average molecular weight is 421 g/mol. The summed E-state index contributed by atoms with van der Waals surface area (Å²) in [5.74, 6) is -2.77. The number of imide groups is 1. The Kier molecular flexibility index (Phi) is 7.97. The van der Waals surface area contributed by atoms with Crippen molar-refractivity contribution < 1.29 is 28.3 Å². The monoisotopic (exact) mass is 420 g/mol. The second-order valence-electron chi connectivity index (χ2n) is 6.62. The van der Waals surface area contributed by atoms with Crippen molar-refractivity contribution in [2.75, 3.05) is 6.61 Å². The minimum absolute atomic E-state index is 0.0439. The molecule has 1 aromatic heterocycles. The molecule has 1 heterocycles. The summed E-state index contributed by atoms with van der Waals surface area (Å²) in [6.07, 6.45) is 1.60. The second-order valence-corrected chi connectivity index (χ2v) is 7.06. The normalized spacial score (nSPS) is 11.6. The lowest BCUT2D eigenvalue weighted by Crippen LogP contribution is -2.44. The molecule has 8 nitrogen and oxygen atoms in total. The zero-order valence-corrected chi connectivity index (χ0v) is 16.7. The summed E-state index contributed by atoms with van der Waals surface area (Å²) < 4.78 is 9.84. The second kappa shape index (κ2) is 10.4. The third kappa shape index (κ3) is 7.08. The summed E-state index contributed by atoms with van der Waals surface area (Å²) in [5, 5.41) is 5.12. The first-order valence-electron chi connectivity index (χ1n) is 8.87. The van der Waals surface area contributed by atoms with Gasteiger partial charge in [-0.3, -0.25) is 19.7 Å². The highest BCUT2D eigenvalue weighted by molar-refractivity contribution is 6.30. The Bertz CT molecular complexity index is 862. The molecule has 0 aliphatic carbocycles. The van der Waals surface area contributed by atoms with E-state index >= 15 is 0 Å². The quantitative estimate of drug-likeness (QED) is 0.634.